The van der Waals surface area contributed by atoms with Gasteiger partial charge >= 0.3 is 0 Å². The van der Waals surface area contributed by atoms with E-state index in [-0.39, 0.29) is 11.8 Å². The molecule has 0 radical (unpaired) electrons. The summed E-state index contributed by atoms with van der Waals surface area (Å²) in [5, 5.41) is 3.03. The van der Waals surface area contributed by atoms with E-state index in [9.17, 15) is 4.79 Å². The Morgan fingerprint density at radius 1 is 1.17 bits per heavy atom. The van der Waals surface area contributed by atoms with Gasteiger partial charge in [-0.2, -0.15) is 0 Å². The summed E-state index contributed by atoms with van der Waals surface area (Å²) in [5.74, 6) is 0.0772. The molecule has 2 aromatic heterocycles. The van der Waals surface area contributed by atoms with Crippen molar-refractivity contribution in [2.45, 2.75) is 32.1 Å². The SMILES string of the molecule is CCCCNC(=O)CC(c1ccccc1)c1cnc2ccccn12. The van der Waals surface area contributed by atoms with E-state index < -0.39 is 0 Å². The average molecular weight is 321 g/mol. The molecule has 1 N–H and O–H groups in total. The number of pyridine rings is 1. The lowest BCUT2D eigenvalue weighted by atomic mass is 9.92. The van der Waals surface area contributed by atoms with Gasteiger partial charge in [0.15, 0.2) is 0 Å². The van der Waals surface area contributed by atoms with Gasteiger partial charge in [-0.3, -0.25) is 4.79 Å². The lowest BCUT2D eigenvalue weighted by molar-refractivity contribution is -0.121. The van der Waals surface area contributed by atoms with Gasteiger partial charge < -0.3 is 9.72 Å². The van der Waals surface area contributed by atoms with Crippen LogP contribution >= 0.6 is 0 Å². The summed E-state index contributed by atoms with van der Waals surface area (Å²) in [6.45, 7) is 2.86. The molecule has 0 saturated heterocycles. The summed E-state index contributed by atoms with van der Waals surface area (Å²) >= 11 is 0. The molecule has 0 saturated carbocycles. The van der Waals surface area contributed by atoms with Crippen molar-refractivity contribution in [2.75, 3.05) is 6.54 Å². The third-order valence-electron chi connectivity index (χ3n) is 4.25. The van der Waals surface area contributed by atoms with Gasteiger partial charge in [-0.25, -0.2) is 4.98 Å². The van der Waals surface area contributed by atoms with Gasteiger partial charge in [0.25, 0.3) is 0 Å². The quantitative estimate of drug-likeness (QED) is 0.673. The number of fused-ring (bicyclic) bond motifs is 1. The Labute approximate surface area is 142 Å². The Morgan fingerprint density at radius 2 is 1.96 bits per heavy atom. The first-order chi connectivity index (χ1) is 11.8. The molecule has 1 amide bonds. The predicted molar refractivity (Wildman–Crippen MR) is 96.0 cm³/mol. The summed E-state index contributed by atoms with van der Waals surface area (Å²) in [5.41, 5.74) is 3.08. The van der Waals surface area contributed by atoms with E-state index in [2.05, 4.69) is 33.8 Å². The summed E-state index contributed by atoms with van der Waals surface area (Å²) in [4.78, 5) is 16.9. The highest BCUT2D eigenvalue weighted by Crippen LogP contribution is 2.28. The third kappa shape index (κ3) is 3.65. The van der Waals surface area contributed by atoms with Crippen molar-refractivity contribution in [3.63, 3.8) is 0 Å². The monoisotopic (exact) mass is 321 g/mol. The summed E-state index contributed by atoms with van der Waals surface area (Å²) in [6, 6.07) is 16.1. The van der Waals surface area contributed by atoms with Crippen LogP contribution in [0.5, 0.6) is 0 Å². The number of carbonyl (C=O) groups excluding carboxylic acids is 1. The van der Waals surface area contributed by atoms with Crippen LogP contribution in [-0.2, 0) is 4.79 Å². The molecule has 0 spiro atoms. The lowest BCUT2D eigenvalue weighted by Gasteiger charge is -2.17. The highest BCUT2D eigenvalue weighted by molar-refractivity contribution is 5.77. The zero-order chi connectivity index (χ0) is 16.8. The van der Waals surface area contributed by atoms with Crippen molar-refractivity contribution < 1.29 is 4.79 Å². The number of benzene rings is 1. The number of imidazole rings is 1. The van der Waals surface area contributed by atoms with E-state index in [4.69, 9.17) is 0 Å². The molecule has 0 aliphatic carbocycles. The topological polar surface area (TPSA) is 46.4 Å². The van der Waals surface area contributed by atoms with Gasteiger partial charge in [-0.05, 0) is 24.1 Å². The molecular formula is C20H23N3O. The molecule has 1 aromatic carbocycles. The Morgan fingerprint density at radius 3 is 2.75 bits per heavy atom. The molecule has 4 nitrogen and oxygen atoms in total. The smallest absolute Gasteiger partial charge is 0.221 e. The van der Waals surface area contributed by atoms with E-state index >= 15 is 0 Å². The van der Waals surface area contributed by atoms with Crippen molar-refractivity contribution in [1.29, 1.82) is 0 Å². The first-order valence-corrected chi connectivity index (χ1v) is 8.53. The second kappa shape index (κ2) is 7.77. The summed E-state index contributed by atoms with van der Waals surface area (Å²) in [7, 11) is 0. The largest absolute Gasteiger partial charge is 0.356 e. The van der Waals surface area contributed by atoms with Crippen LogP contribution in [0.15, 0.2) is 60.9 Å². The van der Waals surface area contributed by atoms with Crippen LogP contribution in [0.25, 0.3) is 5.65 Å². The molecular weight excluding hydrogens is 298 g/mol. The first kappa shape index (κ1) is 16.2. The standard InChI is InChI=1S/C20H23N3O/c1-2-3-12-21-20(24)14-17(16-9-5-4-6-10-16)18-15-22-19-11-7-8-13-23(18)19/h4-11,13,15,17H,2-3,12,14H2,1H3,(H,21,24). The molecule has 0 aliphatic rings. The Kier molecular flexibility index (Phi) is 5.26. The zero-order valence-corrected chi connectivity index (χ0v) is 14.0. The van der Waals surface area contributed by atoms with E-state index in [1.54, 1.807) is 0 Å². The molecule has 124 valence electrons. The number of hydrogen-bond acceptors (Lipinski definition) is 2. The molecule has 3 aromatic rings. The van der Waals surface area contributed by atoms with Gasteiger partial charge in [0.05, 0.1) is 5.69 Å². The minimum absolute atomic E-state index is 0.00905. The van der Waals surface area contributed by atoms with Crippen molar-refractivity contribution in [3.8, 4) is 0 Å². The first-order valence-electron chi connectivity index (χ1n) is 8.53. The van der Waals surface area contributed by atoms with Crippen LogP contribution in [0.4, 0.5) is 0 Å². The van der Waals surface area contributed by atoms with Gasteiger partial charge in [0, 0.05) is 31.3 Å². The van der Waals surface area contributed by atoms with Crippen LogP contribution in [-0.4, -0.2) is 21.8 Å². The normalized spacial score (nSPS) is 12.2. The van der Waals surface area contributed by atoms with Crippen LogP contribution in [0.2, 0.25) is 0 Å². The number of carbonyl (C=O) groups is 1. The van der Waals surface area contributed by atoms with Crippen LogP contribution in [0.3, 0.4) is 0 Å². The van der Waals surface area contributed by atoms with E-state index in [0.717, 1.165) is 36.3 Å². The van der Waals surface area contributed by atoms with E-state index in [1.165, 1.54) is 0 Å². The highest BCUT2D eigenvalue weighted by atomic mass is 16.1. The Bertz CT molecular complexity index is 795. The second-order valence-electron chi connectivity index (χ2n) is 5.98. The number of amides is 1. The molecule has 24 heavy (non-hydrogen) atoms. The average Bonchev–Trinajstić information content (AvgIpc) is 3.04. The third-order valence-corrected chi connectivity index (χ3v) is 4.25. The number of aromatic nitrogens is 2. The number of nitrogens with zero attached hydrogens (tertiary/aromatic N) is 2. The molecule has 1 atom stereocenters. The van der Waals surface area contributed by atoms with Gasteiger partial charge in [0.2, 0.25) is 5.91 Å². The van der Waals surface area contributed by atoms with Crippen LogP contribution in [0, 0.1) is 0 Å². The minimum atomic E-state index is -0.00905. The molecule has 3 rings (SSSR count). The number of nitrogens with one attached hydrogen (secondary N) is 1. The predicted octanol–water partition coefficient (Wildman–Crippen LogP) is 3.77. The van der Waals surface area contributed by atoms with Crippen LogP contribution in [0.1, 0.15) is 43.4 Å². The fourth-order valence-electron chi connectivity index (χ4n) is 2.95. The van der Waals surface area contributed by atoms with Crippen molar-refractivity contribution in [2.24, 2.45) is 0 Å². The summed E-state index contributed by atoms with van der Waals surface area (Å²) in [6.07, 6.45) is 6.40. The maximum absolute atomic E-state index is 12.4. The number of hydrogen-bond donors (Lipinski definition) is 1. The maximum Gasteiger partial charge on any atom is 0.221 e. The zero-order valence-electron chi connectivity index (χ0n) is 14.0. The van der Waals surface area contributed by atoms with Crippen LogP contribution < -0.4 is 5.32 Å². The molecule has 0 aliphatic heterocycles. The molecule has 2 heterocycles. The Hall–Kier alpha value is -2.62. The molecule has 0 fully saturated rings. The maximum atomic E-state index is 12.4. The van der Waals surface area contributed by atoms with Gasteiger partial charge in [-0.1, -0.05) is 49.7 Å². The minimum Gasteiger partial charge on any atom is -0.356 e. The highest BCUT2D eigenvalue weighted by Gasteiger charge is 2.21. The van der Waals surface area contributed by atoms with Gasteiger partial charge in [-0.15, -0.1) is 0 Å². The second-order valence-corrected chi connectivity index (χ2v) is 5.98. The van der Waals surface area contributed by atoms with Crippen molar-refractivity contribution in [1.82, 2.24) is 14.7 Å². The van der Waals surface area contributed by atoms with E-state index in [0.29, 0.717) is 6.42 Å². The van der Waals surface area contributed by atoms with Crippen molar-refractivity contribution in [3.05, 3.63) is 72.2 Å². The fraction of sp³-hybridized carbons (Fsp3) is 0.300. The van der Waals surface area contributed by atoms with Crippen molar-refractivity contribution >= 4 is 11.6 Å². The molecule has 1 unspecified atom stereocenters. The Balaban J connectivity index is 1.90. The van der Waals surface area contributed by atoms with E-state index in [1.807, 2.05) is 48.8 Å². The summed E-state index contributed by atoms with van der Waals surface area (Å²) < 4.78 is 2.07. The number of rotatable bonds is 7. The molecule has 4 heteroatoms. The van der Waals surface area contributed by atoms with Gasteiger partial charge in [0.1, 0.15) is 5.65 Å². The lowest BCUT2D eigenvalue weighted by Crippen LogP contribution is -2.26. The molecule has 0 bridgehead atoms. The fourth-order valence-corrected chi connectivity index (χ4v) is 2.95. The number of unbranched alkanes of at least 4 members (excludes halogenated alkanes) is 1.